The second kappa shape index (κ2) is 5.96. The van der Waals surface area contributed by atoms with Gasteiger partial charge in [0.05, 0.1) is 23.7 Å². The number of aliphatic carboxylic acids is 1. The van der Waals surface area contributed by atoms with E-state index in [2.05, 4.69) is 10.3 Å². The molecule has 0 aliphatic heterocycles. The van der Waals surface area contributed by atoms with Gasteiger partial charge >= 0.3 is 5.97 Å². The Kier molecular flexibility index (Phi) is 4.09. The van der Waals surface area contributed by atoms with Gasteiger partial charge in [0.25, 0.3) is 5.56 Å². The first kappa shape index (κ1) is 13.7. The number of carbonyl (C=O) groups is 2. The standard InChI is InChI=1S/C13H13N3O4/c17-11(14-6-5-12(18)19)7-16-8-15-10-4-2-1-3-9(10)13(16)20/h1-4,8H,5-7H2,(H,14,17)(H,18,19). The van der Waals surface area contributed by atoms with E-state index in [1.807, 2.05) is 0 Å². The number of amides is 1. The summed E-state index contributed by atoms with van der Waals surface area (Å²) >= 11 is 0. The molecule has 0 saturated heterocycles. The zero-order valence-corrected chi connectivity index (χ0v) is 10.6. The molecular weight excluding hydrogens is 262 g/mol. The SMILES string of the molecule is O=C(O)CCNC(=O)Cn1cnc2ccccc2c1=O. The first-order chi connectivity index (χ1) is 9.58. The van der Waals surface area contributed by atoms with E-state index < -0.39 is 11.9 Å². The second-order valence-corrected chi connectivity index (χ2v) is 4.19. The van der Waals surface area contributed by atoms with E-state index in [1.54, 1.807) is 24.3 Å². The molecule has 7 nitrogen and oxygen atoms in total. The van der Waals surface area contributed by atoms with Gasteiger partial charge in [-0.15, -0.1) is 0 Å². The average Bonchev–Trinajstić information content (AvgIpc) is 2.42. The maximum absolute atomic E-state index is 12.1. The highest BCUT2D eigenvalue weighted by Gasteiger charge is 2.08. The van der Waals surface area contributed by atoms with Crippen LogP contribution in [0.4, 0.5) is 0 Å². The topological polar surface area (TPSA) is 101 Å². The summed E-state index contributed by atoms with van der Waals surface area (Å²) in [6.45, 7) is -0.153. The van der Waals surface area contributed by atoms with Crippen LogP contribution < -0.4 is 10.9 Å². The van der Waals surface area contributed by atoms with Gasteiger partial charge in [0, 0.05) is 6.54 Å². The number of aromatic nitrogens is 2. The highest BCUT2D eigenvalue weighted by molar-refractivity contribution is 5.79. The number of para-hydroxylation sites is 1. The quantitative estimate of drug-likeness (QED) is 0.799. The molecule has 2 aromatic rings. The van der Waals surface area contributed by atoms with Gasteiger partial charge in [-0.1, -0.05) is 12.1 Å². The second-order valence-electron chi connectivity index (χ2n) is 4.19. The predicted molar refractivity (Wildman–Crippen MR) is 71.3 cm³/mol. The summed E-state index contributed by atoms with van der Waals surface area (Å²) in [4.78, 5) is 38.1. The minimum absolute atomic E-state index is 0.0317. The Bertz CT molecular complexity index is 708. The van der Waals surface area contributed by atoms with Crippen LogP contribution in [0.5, 0.6) is 0 Å². The van der Waals surface area contributed by atoms with Crippen LogP contribution >= 0.6 is 0 Å². The summed E-state index contributed by atoms with van der Waals surface area (Å²) < 4.78 is 1.19. The summed E-state index contributed by atoms with van der Waals surface area (Å²) in [5, 5.41) is 11.3. The molecule has 0 radical (unpaired) electrons. The molecule has 7 heteroatoms. The first-order valence-electron chi connectivity index (χ1n) is 6.00. The predicted octanol–water partition coefficient (Wildman–Crippen LogP) is -0.0126. The van der Waals surface area contributed by atoms with Crippen molar-refractivity contribution in [3.05, 3.63) is 40.9 Å². The summed E-state index contributed by atoms with van der Waals surface area (Å²) in [7, 11) is 0. The maximum atomic E-state index is 12.1. The number of carboxylic acid groups (broad SMARTS) is 1. The third-order valence-electron chi connectivity index (χ3n) is 2.71. The smallest absolute Gasteiger partial charge is 0.305 e. The molecule has 1 aromatic heterocycles. The lowest BCUT2D eigenvalue weighted by Gasteiger charge is -2.07. The van der Waals surface area contributed by atoms with Crippen molar-refractivity contribution >= 4 is 22.8 Å². The zero-order chi connectivity index (χ0) is 14.5. The molecule has 0 bridgehead atoms. The third kappa shape index (κ3) is 3.19. The molecule has 0 saturated carbocycles. The molecule has 0 fully saturated rings. The normalized spacial score (nSPS) is 10.4. The molecule has 0 unspecified atom stereocenters. The number of benzene rings is 1. The van der Waals surface area contributed by atoms with E-state index in [0.29, 0.717) is 10.9 Å². The van der Waals surface area contributed by atoms with Gasteiger partial charge in [-0.3, -0.25) is 19.0 Å². The number of carboxylic acids is 1. The first-order valence-corrected chi connectivity index (χ1v) is 6.00. The molecule has 0 aliphatic carbocycles. The van der Waals surface area contributed by atoms with Crippen LogP contribution in [0.15, 0.2) is 35.4 Å². The molecule has 1 aromatic carbocycles. The third-order valence-corrected chi connectivity index (χ3v) is 2.71. The van der Waals surface area contributed by atoms with Crippen molar-refractivity contribution in [2.75, 3.05) is 6.54 Å². The van der Waals surface area contributed by atoms with Crippen molar-refractivity contribution in [2.24, 2.45) is 0 Å². The molecule has 0 aliphatic rings. The lowest BCUT2D eigenvalue weighted by molar-refractivity contribution is -0.136. The molecule has 1 amide bonds. The van der Waals surface area contributed by atoms with Crippen LogP contribution in [-0.2, 0) is 16.1 Å². The fourth-order valence-corrected chi connectivity index (χ4v) is 1.74. The Hall–Kier alpha value is -2.70. The van der Waals surface area contributed by atoms with E-state index >= 15 is 0 Å². The van der Waals surface area contributed by atoms with Crippen molar-refractivity contribution in [3.8, 4) is 0 Å². The van der Waals surface area contributed by atoms with Gasteiger partial charge < -0.3 is 10.4 Å². The van der Waals surface area contributed by atoms with Gasteiger partial charge in [0.1, 0.15) is 6.54 Å². The number of hydrogen-bond donors (Lipinski definition) is 2. The summed E-state index contributed by atoms with van der Waals surface area (Å²) in [5.41, 5.74) is 0.268. The average molecular weight is 275 g/mol. The number of rotatable bonds is 5. The Morgan fingerprint density at radius 1 is 1.30 bits per heavy atom. The van der Waals surface area contributed by atoms with E-state index in [0.717, 1.165) is 0 Å². The Morgan fingerprint density at radius 2 is 2.05 bits per heavy atom. The van der Waals surface area contributed by atoms with Crippen LogP contribution in [-0.4, -0.2) is 33.1 Å². The molecule has 0 atom stereocenters. The van der Waals surface area contributed by atoms with Crippen molar-refractivity contribution < 1.29 is 14.7 Å². The number of hydrogen-bond acceptors (Lipinski definition) is 4. The fraction of sp³-hybridized carbons (Fsp3) is 0.231. The molecule has 2 N–H and O–H groups in total. The molecule has 20 heavy (non-hydrogen) atoms. The molecular formula is C13H13N3O4. The number of nitrogens with one attached hydrogen (secondary N) is 1. The molecule has 104 valence electrons. The monoisotopic (exact) mass is 275 g/mol. The van der Waals surface area contributed by atoms with Crippen LogP contribution in [0, 0.1) is 0 Å². The van der Waals surface area contributed by atoms with E-state index in [9.17, 15) is 14.4 Å². The lowest BCUT2D eigenvalue weighted by Crippen LogP contribution is -2.33. The van der Waals surface area contributed by atoms with Gasteiger partial charge in [-0.2, -0.15) is 0 Å². The minimum Gasteiger partial charge on any atom is -0.481 e. The Balaban J connectivity index is 2.10. The van der Waals surface area contributed by atoms with Gasteiger partial charge in [0.2, 0.25) is 5.91 Å². The van der Waals surface area contributed by atoms with Crippen molar-refractivity contribution in [3.63, 3.8) is 0 Å². The Morgan fingerprint density at radius 3 is 2.80 bits per heavy atom. The summed E-state index contributed by atoms with van der Waals surface area (Å²) in [6.07, 6.45) is 1.15. The number of nitrogens with zero attached hydrogens (tertiary/aromatic N) is 2. The van der Waals surface area contributed by atoms with E-state index in [4.69, 9.17) is 5.11 Å². The van der Waals surface area contributed by atoms with Gasteiger partial charge in [0.15, 0.2) is 0 Å². The molecule has 1 heterocycles. The Labute approximate surface area is 113 Å². The highest BCUT2D eigenvalue weighted by Crippen LogP contribution is 2.04. The van der Waals surface area contributed by atoms with Crippen LogP contribution in [0.1, 0.15) is 6.42 Å². The minimum atomic E-state index is -0.991. The number of fused-ring (bicyclic) bond motifs is 1. The zero-order valence-electron chi connectivity index (χ0n) is 10.6. The lowest BCUT2D eigenvalue weighted by atomic mass is 10.2. The van der Waals surface area contributed by atoms with E-state index in [-0.39, 0.29) is 25.1 Å². The van der Waals surface area contributed by atoms with Gasteiger partial charge in [-0.05, 0) is 12.1 Å². The van der Waals surface area contributed by atoms with Crippen LogP contribution in [0.25, 0.3) is 10.9 Å². The molecule has 2 rings (SSSR count). The summed E-state index contributed by atoms with van der Waals surface area (Å²) in [6, 6.07) is 6.86. The van der Waals surface area contributed by atoms with Crippen molar-refractivity contribution in [1.82, 2.24) is 14.9 Å². The fourth-order valence-electron chi connectivity index (χ4n) is 1.74. The van der Waals surface area contributed by atoms with E-state index in [1.165, 1.54) is 10.9 Å². The van der Waals surface area contributed by atoms with Crippen molar-refractivity contribution in [2.45, 2.75) is 13.0 Å². The maximum Gasteiger partial charge on any atom is 0.305 e. The highest BCUT2D eigenvalue weighted by atomic mass is 16.4. The summed E-state index contributed by atoms with van der Waals surface area (Å²) in [5.74, 6) is -1.42. The van der Waals surface area contributed by atoms with Crippen LogP contribution in [0.3, 0.4) is 0 Å². The van der Waals surface area contributed by atoms with Crippen molar-refractivity contribution in [1.29, 1.82) is 0 Å². The molecule has 0 spiro atoms. The largest absolute Gasteiger partial charge is 0.481 e. The van der Waals surface area contributed by atoms with Crippen LogP contribution in [0.2, 0.25) is 0 Å². The van der Waals surface area contributed by atoms with Gasteiger partial charge in [-0.25, -0.2) is 4.98 Å². The number of carbonyl (C=O) groups excluding carboxylic acids is 1.